The average molecular weight is 499 g/mol. The maximum Gasteiger partial charge on any atom is 0.416 e. The van der Waals surface area contributed by atoms with Gasteiger partial charge in [-0.05, 0) is 70.8 Å². The summed E-state index contributed by atoms with van der Waals surface area (Å²) in [6.45, 7) is 10.6. The third-order valence-electron chi connectivity index (χ3n) is 6.32. The zero-order valence-electron chi connectivity index (χ0n) is 20.9. The van der Waals surface area contributed by atoms with Crippen LogP contribution in [0.3, 0.4) is 0 Å². The van der Waals surface area contributed by atoms with Crippen molar-refractivity contribution in [1.82, 2.24) is 15.1 Å². The van der Waals surface area contributed by atoms with Crippen molar-refractivity contribution < 1.29 is 27.5 Å². The predicted molar refractivity (Wildman–Crippen MR) is 128 cm³/mol. The zero-order chi connectivity index (χ0) is 25.6. The number of nitrogens with zero attached hydrogens (tertiary/aromatic N) is 3. The lowest BCUT2D eigenvalue weighted by Gasteiger charge is -2.36. The fourth-order valence-electron chi connectivity index (χ4n) is 4.39. The molecule has 0 saturated carbocycles. The number of rotatable bonds is 6. The summed E-state index contributed by atoms with van der Waals surface area (Å²) >= 11 is 0. The minimum absolute atomic E-state index is 0.0316. The molecule has 0 atom stereocenters. The highest BCUT2D eigenvalue weighted by molar-refractivity contribution is 5.76. The molecule has 2 aliphatic rings. The minimum atomic E-state index is -4.32. The Kier molecular flexibility index (Phi) is 8.90. The summed E-state index contributed by atoms with van der Waals surface area (Å²) in [5.41, 5.74) is -0.349. The first-order chi connectivity index (χ1) is 16.4. The lowest BCUT2D eigenvalue weighted by molar-refractivity contribution is -0.137. The standard InChI is InChI=1S/C25H37F3N4O3/c1-24(2,3)35-23(34)32-13-10-20(11-14-32)29-22(33)5-4-12-30-15-17-31(18-16-30)21-8-6-19(7-9-21)25(26,27)28/h6-9,20H,4-5,10-18H2,1-3H3,(H,29,33). The van der Waals surface area contributed by atoms with Gasteiger partial charge in [-0.1, -0.05) is 0 Å². The normalized spacial score (nSPS) is 18.5. The topological polar surface area (TPSA) is 65.1 Å². The molecule has 2 aliphatic heterocycles. The van der Waals surface area contributed by atoms with E-state index in [1.165, 1.54) is 12.1 Å². The van der Waals surface area contributed by atoms with Gasteiger partial charge in [-0.25, -0.2) is 4.79 Å². The number of piperidine rings is 1. The van der Waals surface area contributed by atoms with Gasteiger partial charge in [-0.2, -0.15) is 13.2 Å². The van der Waals surface area contributed by atoms with E-state index in [4.69, 9.17) is 4.74 Å². The molecule has 10 heteroatoms. The van der Waals surface area contributed by atoms with E-state index in [1.54, 1.807) is 4.90 Å². The number of ether oxygens (including phenoxy) is 1. The molecule has 0 aliphatic carbocycles. The summed E-state index contributed by atoms with van der Waals surface area (Å²) in [7, 11) is 0. The van der Waals surface area contributed by atoms with E-state index in [-0.39, 0.29) is 18.0 Å². The highest BCUT2D eigenvalue weighted by atomic mass is 19.4. The molecule has 2 fully saturated rings. The van der Waals surface area contributed by atoms with Gasteiger partial charge in [-0.15, -0.1) is 0 Å². The number of carbonyl (C=O) groups is 2. The van der Waals surface area contributed by atoms with Gasteiger partial charge in [0, 0.05) is 57.4 Å². The van der Waals surface area contributed by atoms with Crippen LogP contribution in [0.15, 0.2) is 24.3 Å². The van der Waals surface area contributed by atoms with Crippen molar-refractivity contribution in [1.29, 1.82) is 0 Å². The Hall–Kier alpha value is -2.49. The molecule has 1 N–H and O–H groups in total. The fraction of sp³-hybridized carbons (Fsp3) is 0.680. The second-order valence-corrected chi connectivity index (χ2v) is 10.3. The van der Waals surface area contributed by atoms with Crippen molar-refractivity contribution in [3.8, 4) is 0 Å². The van der Waals surface area contributed by atoms with Gasteiger partial charge in [0.2, 0.25) is 5.91 Å². The van der Waals surface area contributed by atoms with E-state index in [2.05, 4.69) is 15.1 Å². The van der Waals surface area contributed by atoms with E-state index < -0.39 is 17.3 Å². The van der Waals surface area contributed by atoms with Crippen molar-refractivity contribution in [3.05, 3.63) is 29.8 Å². The van der Waals surface area contributed by atoms with Gasteiger partial charge in [0.05, 0.1) is 5.56 Å². The number of amides is 2. The van der Waals surface area contributed by atoms with Crippen LogP contribution in [0.1, 0.15) is 52.0 Å². The van der Waals surface area contributed by atoms with Crippen LogP contribution < -0.4 is 10.2 Å². The number of likely N-dealkylation sites (tertiary alicyclic amines) is 1. The van der Waals surface area contributed by atoms with E-state index in [0.717, 1.165) is 69.8 Å². The number of piperazine rings is 1. The number of anilines is 1. The number of hydrogen-bond donors (Lipinski definition) is 1. The number of alkyl halides is 3. The Morgan fingerprint density at radius 2 is 1.57 bits per heavy atom. The van der Waals surface area contributed by atoms with Crippen molar-refractivity contribution >= 4 is 17.7 Å². The van der Waals surface area contributed by atoms with E-state index in [9.17, 15) is 22.8 Å². The highest BCUT2D eigenvalue weighted by Crippen LogP contribution is 2.30. The van der Waals surface area contributed by atoms with Crippen LogP contribution in [0, 0.1) is 0 Å². The molecule has 2 amide bonds. The second kappa shape index (κ2) is 11.5. The molecular weight excluding hydrogens is 461 g/mol. The molecule has 1 aromatic carbocycles. The van der Waals surface area contributed by atoms with Crippen LogP contribution in [-0.4, -0.2) is 79.3 Å². The molecule has 0 unspecified atom stereocenters. The second-order valence-electron chi connectivity index (χ2n) is 10.3. The van der Waals surface area contributed by atoms with Gasteiger partial charge >= 0.3 is 12.3 Å². The van der Waals surface area contributed by atoms with Gasteiger partial charge in [-0.3, -0.25) is 9.69 Å². The van der Waals surface area contributed by atoms with Crippen LogP contribution in [0.4, 0.5) is 23.7 Å². The monoisotopic (exact) mass is 498 g/mol. The largest absolute Gasteiger partial charge is 0.444 e. The SMILES string of the molecule is CC(C)(C)OC(=O)N1CCC(NC(=O)CCCN2CCN(c3ccc(C(F)(F)F)cc3)CC2)CC1. The van der Waals surface area contributed by atoms with E-state index >= 15 is 0 Å². The Bertz CT molecular complexity index is 839. The summed E-state index contributed by atoms with van der Waals surface area (Å²) in [6, 6.07) is 5.39. The van der Waals surface area contributed by atoms with Gasteiger partial charge < -0.3 is 19.9 Å². The molecule has 196 valence electrons. The van der Waals surface area contributed by atoms with Gasteiger partial charge in [0.15, 0.2) is 0 Å². The maximum atomic E-state index is 12.7. The lowest BCUT2D eigenvalue weighted by Crippen LogP contribution is -2.48. The molecule has 3 rings (SSSR count). The minimum Gasteiger partial charge on any atom is -0.444 e. The summed E-state index contributed by atoms with van der Waals surface area (Å²) in [6.07, 6.45) is -1.98. The van der Waals surface area contributed by atoms with Crippen LogP contribution in [0.2, 0.25) is 0 Å². The first-order valence-electron chi connectivity index (χ1n) is 12.3. The molecule has 0 spiro atoms. The van der Waals surface area contributed by atoms with Crippen LogP contribution in [0.5, 0.6) is 0 Å². The summed E-state index contributed by atoms with van der Waals surface area (Å²) < 4.78 is 43.6. The number of benzene rings is 1. The molecule has 0 radical (unpaired) electrons. The molecule has 0 aromatic heterocycles. The third kappa shape index (κ3) is 8.59. The number of hydrogen-bond acceptors (Lipinski definition) is 5. The number of carbonyl (C=O) groups excluding carboxylic acids is 2. The first kappa shape index (κ1) is 27.1. The van der Waals surface area contributed by atoms with Crippen molar-refractivity contribution in [2.45, 2.75) is 64.3 Å². The average Bonchev–Trinajstić information content (AvgIpc) is 2.78. The number of halogens is 3. The highest BCUT2D eigenvalue weighted by Gasteiger charge is 2.30. The molecule has 2 heterocycles. The molecule has 7 nitrogen and oxygen atoms in total. The van der Waals surface area contributed by atoms with Gasteiger partial charge in [0.1, 0.15) is 5.60 Å². The lowest BCUT2D eigenvalue weighted by atomic mass is 10.0. The Balaban J connectivity index is 1.30. The van der Waals surface area contributed by atoms with Crippen LogP contribution >= 0.6 is 0 Å². The van der Waals surface area contributed by atoms with Crippen LogP contribution in [-0.2, 0) is 15.7 Å². The first-order valence-corrected chi connectivity index (χ1v) is 12.3. The molecule has 1 aromatic rings. The Morgan fingerprint density at radius 1 is 0.971 bits per heavy atom. The molecule has 0 bridgehead atoms. The Labute approximate surface area is 205 Å². The number of nitrogens with one attached hydrogen (secondary N) is 1. The van der Waals surface area contributed by atoms with E-state index in [0.29, 0.717) is 19.5 Å². The van der Waals surface area contributed by atoms with Crippen molar-refractivity contribution in [2.24, 2.45) is 0 Å². The summed E-state index contributed by atoms with van der Waals surface area (Å²) in [5.74, 6) is 0.0316. The predicted octanol–water partition coefficient (Wildman–Crippen LogP) is 4.12. The Morgan fingerprint density at radius 3 is 2.11 bits per heavy atom. The van der Waals surface area contributed by atoms with Crippen molar-refractivity contribution in [3.63, 3.8) is 0 Å². The fourth-order valence-corrected chi connectivity index (χ4v) is 4.39. The molecule has 2 saturated heterocycles. The summed E-state index contributed by atoms with van der Waals surface area (Å²) in [5, 5.41) is 3.08. The molecule has 35 heavy (non-hydrogen) atoms. The zero-order valence-corrected chi connectivity index (χ0v) is 20.9. The third-order valence-corrected chi connectivity index (χ3v) is 6.32. The smallest absolute Gasteiger partial charge is 0.416 e. The molecular formula is C25H37F3N4O3. The summed E-state index contributed by atoms with van der Waals surface area (Å²) in [4.78, 5) is 30.6. The van der Waals surface area contributed by atoms with Crippen LogP contribution in [0.25, 0.3) is 0 Å². The van der Waals surface area contributed by atoms with Crippen molar-refractivity contribution in [2.75, 3.05) is 50.7 Å². The maximum absolute atomic E-state index is 12.7. The quantitative estimate of drug-likeness (QED) is 0.639. The van der Waals surface area contributed by atoms with Gasteiger partial charge in [0.25, 0.3) is 0 Å². The van der Waals surface area contributed by atoms with E-state index in [1.807, 2.05) is 20.8 Å².